The normalized spacial score (nSPS) is 26.2. The molecule has 5 heteroatoms. The van der Waals surface area contributed by atoms with Gasteiger partial charge in [-0.15, -0.1) is 0 Å². The van der Waals surface area contributed by atoms with Gasteiger partial charge in [-0.3, -0.25) is 9.89 Å². The van der Waals surface area contributed by atoms with E-state index in [1.807, 2.05) is 0 Å². The minimum atomic E-state index is -0.0675. The molecule has 1 aromatic heterocycles. The van der Waals surface area contributed by atoms with Crippen molar-refractivity contribution in [2.75, 3.05) is 13.2 Å². The summed E-state index contributed by atoms with van der Waals surface area (Å²) in [5.74, 6) is 0.567. The lowest BCUT2D eigenvalue weighted by atomic mass is 9.87. The molecule has 104 valence electrons. The fraction of sp³-hybridized carbons (Fsp3) is 0.714. The van der Waals surface area contributed by atoms with Gasteiger partial charge in [0.1, 0.15) is 0 Å². The van der Waals surface area contributed by atoms with Crippen molar-refractivity contribution in [1.29, 1.82) is 0 Å². The van der Waals surface area contributed by atoms with E-state index in [0.29, 0.717) is 18.2 Å². The third-order valence-corrected chi connectivity index (χ3v) is 4.12. The number of carbonyl (C=O) groups is 1. The number of aromatic nitrogens is 2. The molecule has 0 saturated carbocycles. The van der Waals surface area contributed by atoms with Gasteiger partial charge in [-0.05, 0) is 38.0 Å². The molecule has 0 radical (unpaired) electrons. The molecule has 0 spiro atoms. The fourth-order valence-electron chi connectivity index (χ4n) is 2.95. The van der Waals surface area contributed by atoms with Crippen LogP contribution in [0.1, 0.15) is 47.9 Å². The van der Waals surface area contributed by atoms with Crippen LogP contribution >= 0.6 is 0 Å². The van der Waals surface area contributed by atoms with Gasteiger partial charge in [-0.1, -0.05) is 6.92 Å². The van der Waals surface area contributed by atoms with Gasteiger partial charge in [0, 0.05) is 24.4 Å². The van der Waals surface area contributed by atoms with Crippen LogP contribution in [-0.2, 0) is 17.6 Å². The molecule has 3 rings (SSSR count). The second-order valence-electron chi connectivity index (χ2n) is 5.72. The zero-order valence-corrected chi connectivity index (χ0v) is 11.4. The van der Waals surface area contributed by atoms with Crippen LogP contribution in [0, 0.1) is 5.92 Å². The largest absolute Gasteiger partial charge is 0.376 e. The van der Waals surface area contributed by atoms with Crippen molar-refractivity contribution in [2.45, 2.75) is 45.1 Å². The highest BCUT2D eigenvalue weighted by Crippen LogP contribution is 2.26. The molecule has 1 saturated heterocycles. The summed E-state index contributed by atoms with van der Waals surface area (Å²) in [6, 6.07) is 0. The number of ether oxygens (including phenoxy) is 1. The molecule has 0 unspecified atom stereocenters. The minimum Gasteiger partial charge on any atom is -0.376 e. The Balaban J connectivity index is 1.64. The second kappa shape index (κ2) is 5.33. The van der Waals surface area contributed by atoms with Crippen LogP contribution in [0.15, 0.2) is 0 Å². The molecule has 1 amide bonds. The Morgan fingerprint density at radius 3 is 3.21 bits per heavy atom. The molecule has 1 aromatic rings. The van der Waals surface area contributed by atoms with Crippen molar-refractivity contribution in [3.63, 3.8) is 0 Å². The maximum Gasteiger partial charge on any atom is 0.272 e. The van der Waals surface area contributed by atoms with Crippen LogP contribution in [-0.4, -0.2) is 35.4 Å². The van der Waals surface area contributed by atoms with Crippen molar-refractivity contribution in [2.24, 2.45) is 5.92 Å². The Hall–Kier alpha value is -1.36. The number of rotatable bonds is 3. The quantitative estimate of drug-likeness (QED) is 0.867. The monoisotopic (exact) mass is 263 g/mol. The van der Waals surface area contributed by atoms with Gasteiger partial charge in [0.2, 0.25) is 0 Å². The lowest BCUT2D eigenvalue weighted by molar-refractivity contribution is 0.0852. The van der Waals surface area contributed by atoms with Crippen LogP contribution in [0.5, 0.6) is 0 Å². The molecule has 2 atom stereocenters. The number of hydrogen-bond acceptors (Lipinski definition) is 3. The summed E-state index contributed by atoms with van der Waals surface area (Å²) in [6.07, 6.45) is 5.44. The first-order valence-electron chi connectivity index (χ1n) is 7.20. The maximum absolute atomic E-state index is 12.2. The molecular formula is C14H21N3O2. The van der Waals surface area contributed by atoms with E-state index in [0.717, 1.165) is 43.5 Å². The van der Waals surface area contributed by atoms with Crippen molar-refractivity contribution < 1.29 is 9.53 Å². The van der Waals surface area contributed by atoms with Gasteiger partial charge >= 0.3 is 0 Å². The molecule has 2 N–H and O–H groups in total. The first kappa shape index (κ1) is 12.7. The van der Waals surface area contributed by atoms with Gasteiger partial charge < -0.3 is 10.1 Å². The van der Waals surface area contributed by atoms with Gasteiger partial charge in [0.05, 0.1) is 6.10 Å². The number of aryl methyl sites for hydroxylation is 1. The highest BCUT2D eigenvalue weighted by Gasteiger charge is 2.25. The molecule has 5 nitrogen and oxygen atoms in total. The Labute approximate surface area is 113 Å². The summed E-state index contributed by atoms with van der Waals surface area (Å²) in [7, 11) is 0. The van der Waals surface area contributed by atoms with Crippen LogP contribution in [0.3, 0.4) is 0 Å². The van der Waals surface area contributed by atoms with E-state index in [-0.39, 0.29) is 12.0 Å². The number of fused-ring (bicyclic) bond motifs is 1. The second-order valence-corrected chi connectivity index (χ2v) is 5.72. The van der Waals surface area contributed by atoms with Crippen molar-refractivity contribution >= 4 is 5.91 Å². The van der Waals surface area contributed by atoms with E-state index in [1.54, 1.807) is 0 Å². The maximum atomic E-state index is 12.2. The third-order valence-electron chi connectivity index (χ3n) is 4.12. The third kappa shape index (κ3) is 2.66. The minimum absolute atomic E-state index is 0.0675. The summed E-state index contributed by atoms with van der Waals surface area (Å²) < 4.78 is 5.51. The summed E-state index contributed by atoms with van der Waals surface area (Å²) in [6.45, 7) is 3.63. The molecule has 1 aliphatic carbocycles. The summed E-state index contributed by atoms with van der Waals surface area (Å²) >= 11 is 0. The van der Waals surface area contributed by atoms with Crippen molar-refractivity contribution in [3.8, 4) is 0 Å². The van der Waals surface area contributed by atoms with Crippen LogP contribution in [0.2, 0.25) is 0 Å². The first-order chi connectivity index (χ1) is 9.24. The number of carbonyl (C=O) groups excluding carboxylic acids is 1. The molecule has 1 aliphatic heterocycles. The summed E-state index contributed by atoms with van der Waals surface area (Å²) in [5.41, 5.74) is 2.84. The highest BCUT2D eigenvalue weighted by molar-refractivity contribution is 5.94. The van der Waals surface area contributed by atoms with Gasteiger partial charge in [-0.2, -0.15) is 5.10 Å². The van der Waals surface area contributed by atoms with E-state index >= 15 is 0 Å². The Morgan fingerprint density at radius 2 is 2.42 bits per heavy atom. The average molecular weight is 263 g/mol. The Morgan fingerprint density at radius 1 is 1.53 bits per heavy atom. The highest BCUT2D eigenvalue weighted by atomic mass is 16.5. The lowest BCUT2D eigenvalue weighted by Crippen LogP contribution is -2.32. The Kier molecular flexibility index (Phi) is 3.55. The van der Waals surface area contributed by atoms with Gasteiger partial charge in [-0.25, -0.2) is 0 Å². The smallest absolute Gasteiger partial charge is 0.272 e. The first-order valence-corrected chi connectivity index (χ1v) is 7.20. The van der Waals surface area contributed by atoms with Crippen LogP contribution < -0.4 is 5.32 Å². The molecule has 2 heterocycles. The van der Waals surface area contributed by atoms with E-state index in [1.165, 1.54) is 6.42 Å². The number of hydrogen-bond donors (Lipinski definition) is 2. The SMILES string of the molecule is C[C@H]1CCc2[nH]nc(C(=O)NC[C@@H]3CCCO3)c2C1. The molecular weight excluding hydrogens is 242 g/mol. The summed E-state index contributed by atoms with van der Waals surface area (Å²) in [5, 5.41) is 10.2. The number of nitrogens with one attached hydrogen (secondary N) is 2. The number of amides is 1. The summed E-state index contributed by atoms with van der Waals surface area (Å²) in [4.78, 5) is 12.2. The molecule has 0 bridgehead atoms. The van der Waals surface area contributed by atoms with Crippen molar-refractivity contribution in [1.82, 2.24) is 15.5 Å². The predicted molar refractivity (Wildman–Crippen MR) is 71.1 cm³/mol. The number of nitrogens with zero attached hydrogens (tertiary/aromatic N) is 1. The predicted octanol–water partition coefficient (Wildman–Crippen LogP) is 1.44. The van der Waals surface area contributed by atoms with Gasteiger partial charge in [0.25, 0.3) is 5.91 Å². The molecule has 19 heavy (non-hydrogen) atoms. The van der Waals surface area contributed by atoms with E-state index < -0.39 is 0 Å². The topological polar surface area (TPSA) is 67.0 Å². The average Bonchev–Trinajstić information content (AvgIpc) is 3.04. The lowest BCUT2D eigenvalue weighted by Gasteiger charge is -2.18. The van der Waals surface area contributed by atoms with E-state index in [2.05, 4.69) is 22.4 Å². The van der Waals surface area contributed by atoms with E-state index in [4.69, 9.17) is 4.74 Å². The standard InChI is InChI=1S/C14H21N3O2/c1-9-4-5-12-11(7-9)13(17-16-12)14(18)15-8-10-3-2-6-19-10/h9-10H,2-8H2,1H3,(H,15,18)(H,16,17)/t9-,10-/m0/s1. The zero-order valence-electron chi connectivity index (χ0n) is 11.4. The molecule has 1 fully saturated rings. The van der Waals surface area contributed by atoms with Crippen LogP contribution in [0.4, 0.5) is 0 Å². The fourth-order valence-corrected chi connectivity index (χ4v) is 2.95. The van der Waals surface area contributed by atoms with Gasteiger partial charge in [0.15, 0.2) is 5.69 Å². The van der Waals surface area contributed by atoms with E-state index in [9.17, 15) is 4.79 Å². The molecule has 2 aliphatic rings. The number of H-pyrrole nitrogens is 1. The van der Waals surface area contributed by atoms with Crippen LogP contribution in [0.25, 0.3) is 0 Å². The number of aromatic amines is 1. The zero-order chi connectivity index (χ0) is 13.2. The molecule has 0 aromatic carbocycles. The van der Waals surface area contributed by atoms with Crippen molar-refractivity contribution in [3.05, 3.63) is 17.0 Å². The Bertz CT molecular complexity index is 463.